The SMILES string of the molecule is CC(=O)N1[C@H](C)CN(c2cc(-n3cnc(Nc4ccc(N5CCN(C(=O)OC(C)(C)C)CC5)cc4)n3)ccn2)C[C@@H]1C.CC(=O)N1[C@H](C)CN(c2cc(-n3cnc(Nc4ccc(NC(=O)NC(C)C)cc4)n3)ccn2)C[C@@H]1C.CCCNC(=O)Nc1ccc(Nc2ncn(-c3ccnc(N4C[C@@H](C)N(C(C)=O)[C@@H](C)C4)c3)n2)cc1.CCNC(=O)Nc1ccc(Nc2ncn(-c3ccnc(N4C[C@@H](C)N(C(C)=O)[C@@H](C)C4)c3)n2)cc1. The molecule has 8 atom stereocenters. The van der Waals surface area contributed by atoms with Crippen LogP contribution in [0.25, 0.3) is 22.7 Å². The number of aromatic nitrogens is 16. The van der Waals surface area contributed by atoms with E-state index in [-0.39, 0.29) is 102 Å². The first-order valence-corrected chi connectivity index (χ1v) is 50.4. The van der Waals surface area contributed by atoms with Gasteiger partial charge in [0.05, 0.1) is 22.7 Å². The second-order valence-electron chi connectivity index (χ2n) is 39.0. The van der Waals surface area contributed by atoms with Crippen LogP contribution in [0.15, 0.2) is 196 Å². The fraction of sp³-hybridized carbons (Fsp3) is 0.423. The molecule has 17 rings (SSSR count). The molecule has 788 valence electrons. The molecule has 0 bridgehead atoms. The van der Waals surface area contributed by atoms with Gasteiger partial charge in [0.15, 0.2) is 0 Å². The number of amides is 11. The van der Waals surface area contributed by atoms with Gasteiger partial charge in [0.2, 0.25) is 47.4 Å². The van der Waals surface area contributed by atoms with Crippen LogP contribution in [-0.4, -0.2) is 303 Å². The topological polar surface area (TPSA) is 473 Å². The van der Waals surface area contributed by atoms with Crippen LogP contribution in [0.1, 0.15) is 138 Å². The molecule has 10 N–H and O–H groups in total. The Balaban J connectivity index is 0.000000157. The number of piperazine rings is 5. The highest BCUT2D eigenvalue weighted by Crippen LogP contribution is 2.32. The van der Waals surface area contributed by atoms with E-state index in [0.717, 1.165) is 133 Å². The molecule has 5 aliphatic heterocycles. The van der Waals surface area contributed by atoms with E-state index in [1.807, 2.05) is 189 Å². The first kappa shape index (κ1) is 108. The van der Waals surface area contributed by atoms with Crippen molar-refractivity contribution in [1.82, 2.24) is 119 Å². The molecule has 8 aromatic heterocycles. The van der Waals surface area contributed by atoms with E-state index in [1.54, 1.807) is 114 Å². The molecule has 11 amide bonds. The highest BCUT2D eigenvalue weighted by atomic mass is 16.6. The molecule has 0 aliphatic carbocycles. The second-order valence-corrected chi connectivity index (χ2v) is 39.0. The lowest BCUT2D eigenvalue weighted by atomic mass is 10.1. The van der Waals surface area contributed by atoms with E-state index in [2.05, 4.69) is 205 Å². The molecule has 45 nitrogen and oxygen atoms in total. The predicted molar refractivity (Wildman–Crippen MR) is 577 cm³/mol. The molecule has 5 aliphatic rings. The van der Waals surface area contributed by atoms with E-state index in [1.165, 1.54) is 0 Å². The first-order valence-electron chi connectivity index (χ1n) is 50.4. The summed E-state index contributed by atoms with van der Waals surface area (Å²) in [5, 5.41) is 47.7. The van der Waals surface area contributed by atoms with Gasteiger partial charge < -0.3 is 107 Å². The zero-order valence-corrected chi connectivity index (χ0v) is 88.1. The molecule has 45 heteroatoms. The third kappa shape index (κ3) is 29.3. The molecule has 13 heterocycles. The van der Waals surface area contributed by atoms with Gasteiger partial charge in [0.25, 0.3) is 0 Å². The van der Waals surface area contributed by atoms with Crippen LogP contribution < -0.4 is 77.7 Å². The maximum absolute atomic E-state index is 12.4. The monoisotopic (exact) mass is 2040 g/mol. The van der Waals surface area contributed by atoms with Gasteiger partial charge in [-0.25, -0.2) is 57.8 Å². The van der Waals surface area contributed by atoms with Crippen molar-refractivity contribution < 1.29 is 43.1 Å². The van der Waals surface area contributed by atoms with Crippen LogP contribution >= 0.6 is 0 Å². The molecule has 149 heavy (non-hydrogen) atoms. The standard InChI is InChI=1S/C30H41N9O3.2C25H33N9O2.C24H31N9O2/c1-21-18-37(19-22(2)39(21)23(3)40)27-17-26(11-12-31-27)38-20-32-28(34-38)33-24-7-9-25(10-8-24)35-13-15-36(16-14-35)29(41)42-30(4,5)6;1-16(2)28-25(36)30-21-8-6-20(7-9-21)29-24-27-15-33(31-24)22-10-11-26-23(12-22)32-13-17(3)34(19(5)35)18(4)14-32;1-5-11-27-25(36)30-21-8-6-20(7-9-21)29-24-28-16-33(31-24)22-10-12-26-23(13-22)32-14-17(2)34(19(4)35)18(3)15-32;1-5-25-24(35)29-20-8-6-19(7-9-20)28-23-27-15-32(30-23)21-10-11-26-22(12-21)31-13-16(2)33(18(4)34)17(3)14-31/h7-12,17,20-22H,13-16,18-19H2,1-6H3,(H,33,34);6-12,15-18H,13-14H2,1-5H3,(H,29,31)(H2,28,30,36);6-10,12-13,16-18H,5,11,14-15H2,1-4H3,(H,29,31)(H2,27,30,36);6-12,15-17H,5,13-14H2,1-4H3,(H,28,30)(H2,25,29,35)/t21-,22+;2*17-,18+;16-,17+. The van der Waals surface area contributed by atoms with Crippen molar-refractivity contribution >= 4 is 140 Å². The third-order valence-electron chi connectivity index (χ3n) is 25.3. The minimum absolute atomic E-state index is 0.0627. The smallest absolute Gasteiger partial charge is 0.410 e. The van der Waals surface area contributed by atoms with Crippen LogP contribution in [0.4, 0.5) is 112 Å². The Bertz CT molecular complexity index is 6470. The lowest BCUT2D eigenvalue weighted by Crippen LogP contribution is -2.58. The summed E-state index contributed by atoms with van der Waals surface area (Å²) in [5.74, 6) is 5.60. The molecule has 5 fully saturated rings. The summed E-state index contributed by atoms with van der Waals surface area (Å²) in [6, 6.07) is 45.7. The van der Waals surface area contributed by atoms with Gasteiger partial charge >= 0.3 is 24.2 Å². The van der Waals surface area contributed by atoms with Gasteiger partial charge in [-0.3, -0.25) is 19.2 Å². The number of anilines is 16. The van der Waals surface area contributed by atoms with E-state index in [9.17, 15) is 38.4 Å². The predicted octanol–water partition coefficient (Wildman–Crippen LogP) is 13.7. The van der Waals surface area contributed by atoms with Crippen molar-refractivity contribution in [2.45, 2.75) is 198 Å². The van der Waals surface area contributed by atoms with Crippen LogP contribution in [0.2, 0.25) is 0 Å². The van der Waals surface area contributed by atoms with E-state index in [0.29, 0.717) is 80.1 Å². The molecule has 5 saturated heterocycles. The lowest BCUT2D eigenvalue weighted by molar-refractivity contribution is -0.134. The van der Waals surface area contributed by atoms with Crippen LogP contribution in [0.3, 0.4) is 0 Å². The fourth-order valence-corrected chi connectivity index (χ4v) is 19.0. The summed E-state index contributed by atoms with van der Waals surface area (Å²) in [5.41, 5.74) is 9.33. The fourth-order valence-electron chi connectivity index (χ4n) is 19.0. The number of carbonyl (C=O) groups is 8. The summed E-state index contributed by atoms with van der Waals surface area (Å²) in [6.07, 6.45) is 14.3. The van der Waals surface area contributed by atoms with Gasteiger partial charge in [-0.2, -0.15) is 19.9 Å². The Labute approximate surface area is 868 Å². The van der Waals surface area contributed by atoms with E-state index in [4.69, 9.17) is 4.74 Å². The van der Waals surface area contributed by atoms with E-state index >= 15 is 0 Å². The number of nitrogens with zero attached hydrogens (tertiary/aromatic N) is 26. The molecule has 12 aromatic rings. The maximum atomic E-state index is 12.4. The van der Waals surface area contributed by atoms with Gasteiger partial charge in [-0.15, -0.1) is 20.4 Å². The third-order valence-corrected chi connectivity index (χ3v) is 25.3. The lowest BCUT2D eigenvalue weighted by Gasteiger charge is -2.44. The molecule has 0 unspecified atom stereocenters. The Hall–Kier alpha value is -16.8. The zero-order chi connectivity index (χ0) is 106. The molecule has 0 spiro atoms. The van der Waals surface area contributed by atoms with Crippen molar-refractivity contribution in [3.63, 3.8) is 0 Å². The molecule has 0 radical (unpaired) electrons. The molecular formula is C104H138N36O9. The number of hydrogen-bond acceptors (Lipinski definition) is 30. The molecule has 4 aromatic carbocycles. The van der Waals surface area contributed by atoms with Crippen LogP contribution in [-0.2, 0) is 23.9 Å². The largest absolute Gasteiger partial charge is 0.444 e. The van der Waals surface area contributed by atoms with Crippen LogP contribution in [0, 0.1) is 0 Å². The summed E-state index contributed by atoms with van der Waals surface area (Å²) in [4.78, 5) is 152. The van der Waals surface area contributed by atoms with Gasteiger partial charge in [-0.05, 0) is 225 Å². The van der Waals surface area contributed by atoms with Crippen molar-refractivity contribution in [2.24, 2.45) is 0 Å². The van der Waals surface area contributed by atoms with Gasteiger partial charge in [0, 0.05) is 268 Å². The number of nitrogens with one attached hydrogen (secondary N) is 10. The van der Waals surface area contributed by atoms with Gasteiger partial charge in [0.1, 0.15) is 54.2 Å². The Kier molecular flexibility index (Phi) is 35.8. The summed E-state index contributed by atoms with van der Waals surface area (Å²) in [7, 11) is 0. The number of ether oxygens (including phenoxy) is 1. The number of pyridine rings is 4. The zero-order valence-electron chi connectivity index (χ0n) is 88.1. The average molecular weight is 2040 g/mol. The summed E-state index contributed by atoms with van der Waals surface area (Å²) >= 11 is 0. The molecule has 0 saturated carbocycles. The minimum atomic E-state index is -0.492. The van der Waals surface area contributed by atoms with Crippen molar-refractivity contribution in [2.75, 3.05) is 153 Å². The number of urea groups is 3. The number of hydrogen-bond donors (Lipinski definition) is 10. The van der Waals surface area contributed by atoms with Crippen molar-refractivity contribution in [3.8, 4) is 22.7 Å². The Morgan fingerprint density at radius 3 is 0.852 bits per heavy atom. The Morgan fingerprint density at radius 1 is 0.336 bits per heavy atom. The van der Waals surface area contributed by atoms with Crippen molar-refractivity contribution in [1.29, 1.82) is 0 Å². The second kappa shape index (κ2) is 49.4. The highest BCUT2D eigenvalue weighted by Gasteiger charge is 2.37. The number of rotatable bonds is 24. The summed E-state index contributed by atoms with van der Waals surface area (Å²) < 4.78 is 12.3. The maximum Gasteiger partial charge on any atom is 0.410 e. The van der Waals surface area contributed by atoms with Gasteiger partial charge in [-0.1, -0.05) is 6.92 Å². The molecular weight excluding hydrogens is 1900 g/mol. The Morgan fingerprint density at radius 2 is 0.597 bits per heavy atom. The van der Waals surface area contributed by atoms with Crippen molar-refractivity contribution in [3.05, 3.63) is 196 Å². The minimum Gasteiger partial charge on any atom is -0.444 e. The quantitative estimate of drug-likeness (QED) is 0.0269. The normalized spacial score (nSPS) is 18.2. The van der Waals surface area contributed by atoms with Crippen LogP contribution in [0.5, 0.6) is 0 Å². The first-order chi connectivity index (χ1) is 71.3. The highest BCUT2D eigenvalue weighted by molar-refractivity contribution is 5.91. The number of carbonyl (C=O) groups excluding carboxylic acids is 8. The van der Waals surface area contributed by atoms with E-state index < -0.39 is 5.60 Å². The summed E-state index contributed by atoms with van der Waals surface area (Å²) in [6.45, 7) is 46.0. The number of benzene rings is 4. The average Bonchev–Trinajstić information content (AvgIpc) is 1.78.